The van der Waals surface area contributed by atoms with Crippen LogP contribution in [0.4, 0.5) is 0 Å². The molecule has 0 aromatic heterocycles. The van der Waals surface area contributed by atoms with Gasteiger partial charge in [0.1, 0.15) is 22.8 Å². The Bertz CT molecular complexity index is 1280. The number of aliphatic hydroxyl groups is 4. The molecule has 11 heteroatoms. The number of amides is 1. The van der Waals surface area contributed by atoms with Gasteiger partial charge in [0.05, 0.1) is 23.6 Å². The molecule has 3 aliphatic rings. The fourth-order valence-corrected chi connectivity index (χ4v) is 6.00. The monoisotopic (exact) mass is 486 g/mol. The second kappa shape index (κ2) is 7.74. The third-order valence-electron chi connectivity index (χ3n) is 7.49. The molecule has 0 bridgehead atoms. The van der Waals surface area contributed by atoms with Gasteiger partial charge < -0.3 is 31.3 Å². The molecule has 0 spiro atoms. The van der Waals surface area contributed by atoms with Gasteiger partial charge >= 0.3 is 0 Å². The van der Waals surface area contributed by atoms with Crippen molar-refractivity contribution in [2.45, 2.75) is 37.5 Å². The molecular formula is C24H26N2O9. The van der Waals surface area contributed by atoms with Gasteiger partial charge in [-0.2, -0.15) is 0 Å². The first-order valence-electron chi connectivity index (χ1n) is 10.9. The molecule has 1 amide bonds. The first kappa shape index (κ1) is 24.6. The smallest absolute Gasteiger partial charge is 0.255 e. The summed E-state index contributed by atoms with van der Waals surface area (Å²) < 4.78 is 0. The lowest BCUT2D eigenvalue weighted by Crippen LogP contribution is -2.70. The summed E-state index contributed by atoms with van der Waals surface area (Å²) in [5.41, 5.74) is 0.948. The average molecular weight is 486 g/mol. The molecule has 3 aliphatic carbocycles. The van der Waals surface area contributed by atoms with Crippen molar-refractivity contribution < 1.29 is 44.7 Å². The molecule has 0 unspecified atom stereocenters. The molecule has 0 aliphatic heterocycles. The Morgan fingerprint density at radius 2 is 1.71 bits per heavy atom. The predicted octanol–water partition coefficient (Wildman–Crippen LogP) is -0.302. The van der Waals surface area contributed by atoms with E-state index in [0.29, 0.717) is 0 Å². The Balaban J connectivity index is 2.10. The second-order valence-electron chi connectivity index (χ2n) is 9.53. The van der Waals surface area contributed by atoms with E-state index in [2.05, 4.69) is 0 Å². The maximum Gasteiger partial charge on any atom is 0.255 e. The molecule has 1 aromatic rings. The number of ketones is 3. The van der Waals surface area contributed by atoms with E-state index in [4.69, 9.17) is 5.73 Å². The molecule has 6 atom stereocenters. The number of benzene rings is 1. The van der Waals surface area contributed by atoms with Crippen LogP contribution in [0.25, 0.3) is 5.76 Å². The van der Waals surface area contributed by atoms with Gasteiger partial charge in [-0.05, 0) is 44.6 Å². The Morgan fingerprint density at radius 1 is 1.11 bits per heavy atom. The van der Waals surface area contributed by atoms with E-state index >= 15 is 0 Å². The summed E-state index contributed by atoms with van der Waals surface area (Å²) in [6, 6.07) is 1.09. The van der Waals surface area contributed by atoms with E-state index < -0.39 is 81.4 Å². The molecule has 4 rings (SSSR count). The molecule has 1 aromatic carbocycles. The van der Waals surface area contributed by atoms with Crippen molar-refractivity contribution in [2.75, 3.05) is 14.1 Å². The minimum Gasteiger partial charge on any atom is -0.508 e. The first-order valence-corrected chi connectivity index (χ1v) is 10.9. The summed E-state index contributed by atoms with van der Waals surface area (Å²) in [6.45, 7) is 2.86. The number of primary amides is 1. The zero-order valence-corrected chi connectivity index (χ0v) is 19.4. The van der Waals surface area contributed by atoms with Crippen molar-refractivity contribution in [1.82, 2.24) is 4.90 Å². The maximum atomic E-state index is 13.8. The van der Waals surface area contributed by atoms with Crippen LogP contribution in [0.3, 0.4) is 0 Å². The van der Waals surface area contributed by atoms with Crippen molar-refractivity contribution in [3.8, 4) is 5.75 Å². The highest BCUT2D eigenvalue weighted by Gasteiger charge is 2.68. The fourth-order valence-electron chi connectivity index (χ4n) is 6.00. The molecular weight excluding hydrogens is 460 g/mol. The van der Waals surface area contributed by atoms with Crippen molar-refractivity contribution in [3.63, 3.8) is 0 Å². The number of aliphatic hydroxyl groups excluding tert-OH is 3. The lowest BCUT2D eigenvalue weighted by Gasteiger charge is -2.53. The number of nitrogens with two attached hydrogens (primary N) is 1. The van der Waals surface area contributed by atoms with E-state index in [-0.39, 0.29) is 22.5 Å². The number of hydrogen-bond donors (Lipinski definition) is 6. The SMILES string of the molecule is CC(=O)c1ccc(O)c2c1[C@H](C)[C@H]1C(=C2O)C(=O)[C@]2(O)C(O)=C(C(N)=O)C(=O)[C@@H](N(C)C)[C@@H]2[C@H]1O. The number of nitrogens with zero attached hydrogens (tertiary/aromatic N) is 1. The fraction of sp³-hybridized carbons (Fsp3) is 0.417. The number of phenols is 1. The van der Waals surface area contributed by atoms with E-state index in [1.807, 2.05) is 0 Å². The van der Waals surface area contributed by atoms with Crippen LogP contribution in [-0.4, -0.2) is 85.5 Å². The molecule has 7 N–H and O–H groups in total. The van der Waals surface area contributed by atoms with Gasteiger partial charge in [-0.25, -0.2) is 0 Å². The first-order chi connectivity index (χ1) is 16.2. The molecule has 35 heavy (non-hydrogen) atoms. The van der Waals surface area contributed by atoms with Gasteiger partial charge in [0.2, 0.25) is 5.78 Å². The van der Waals surface area contributed by atoms with Gasteiger partial charge in [-0.1, -0.05) is 6.92 Å². The molecule has 186 valence electrons. The topological polar surface area (TPSA) is 199 Å². The molecule has 11 nitrogen and oxygen atoms in total. The lowest BCUT2D eigenvalue weighted by molar-refractivity contribution is -0.169. The summed E-state index contributed by atoms with van der Waals surface area (Å²) in [7, 11) is 2.85. The standard InChI is InChI=1S/C24H26N2O9/c1-7-11-9(8(2)27)5-6-10(28)13(11)18(29)14-12(7)19(30)16-17(26(3)4)20(31)15(23(25)34)22(33)24(16,35)21(14)32/h5-7,12,16-17,19,28-30,33,35H,1-4H3,(H2,25,34)/t7-,12-,16+,17-,19-,24-/m0/s1. The Labute approximate surface area is 199 Å². The highest BCUT2D eigenvalue weighted by molar-refractivity contribution is 6.24. The highest BCUT2D eigenvalue weighted by Crippen LogP contribution is 2.56. The number of likely N-dealkylation sites (N-methyl/N-ethyl adjacent to an activating group) is 1. The van der Waals surface area contributed by atoms with Gasteiger partial charge in [-0.15, -0.1) is 0 Å². The largest absolute Gasteiger partial charge is 0.508 e. The van der Waals surface area contributed by atoms with E-state index in [1.54, 1.807) is 6.92 Å². The lowest BCUT2D eigenvalue weighted by atomic mass is 9.54. The number of hydrogen-bond acceptors (Lipinski definition) is 10. The number of Topliss-reactive ketones (excluding diaryl/α,β-unsaturated/α-hetero) is 3. The molecule has 0 radical (unpaired) electrons. The van der Waals surface area contributed by atoms with Crippen molar-refractivity contribution in [3.05, 3.63) is 45.7 Å². The summed E-state index contributed by atoms with van der Waals surface area (Å²) in [4.78, 5) is 52.5. The van der Waals surface area contributed by atoms with Crippen LogP contribution in [0.5, 0.6) is 5.75 Å². The second-order valence-corrected chi connectivity index (χ2v) is 9.53. The number of carbonyl (C=O) groups excluding carboxylic acids is 4. The minimum atomic E-state index is -2.97. The van der Waals surface area contributed by atoms with Crippen LogP contribution in [-0.2, 0) is 14.4 Å². The van der Waals surface area contributed by atoms with Crippen molar-refractivity contribution in [1.29, 1.82) is 0 Å². The van der Waals surface area contributed by atoms with Crippen LogP contribution < -0.4 is 5.73 Å². The number of carbonyl (C=O) groups is 4. The number of phenolic OH excluding ortho intramolecular Hbond substituents is 1. The Kier molecular flexibility index (Phi) is 5.43. The van der Waals surface area contributed by atoms with Crippen LogP contribution in [0.1, 0.15) is 41.3 Å². The van der Waals surface area contributed by atoms with Gasteiger partial charge in [0, 0.05) is 17.1 Å². The van der Waals surface area contributed by atoms with Crippen LogP contribution >= 0.6 is 0 Å². The van der Waals surface area contributed by atoms with E-state index in [1.165, 1.54) is 38.1 Å². The predicted molar refractivity (Wildman–Crippen MR) is 120 cm³/mol. The van der Waals surface area contributed by atoms with Crippen LogP contribution in [0.2, 0.25) is 0 Å². The highest BCUT2D eigenvalue weighted by atomic mass is 16.4. The van der Waals surface area contributed by atoms with Gasteiger partial charge in [0.25, 0.3) is 5.91 Å². The number of fused-ring (bicyclic) bond motifs is 3. The van der Waals surface area contributed by atoms with E-state index in [9.17, 15) is 44.7 Å². The summed E-state index contributed by atoms with van der Waals surface area (Å²) >= 11 is 0. The average Bonchev–Trinajstić information content (AvgIpc) is 2.75. The zero-order chi connectivity index (χ0) is 26.3. The van der Waals surface area contributed by atoms with Crippen molar-refractivity contribution >= 4 is 29.0 Å². The summed E-state index contributed by atoms with van der Waals surface area (Å²) in [5, 5.41) is 55.6. The Morgan fingerprint density at radius 3 is 2.23 bits per heavy atom. The van der Waals surface area contributed by atoms with E-state index in [0.717, 1.165) is 0 Å². The minimum absolute atomic E-state index is 0.152. The number of aromatic hydroxyl groups is 1. The number of rotatable bonds is 3. The Hall–Kier alpha value is -3.54. The third kappa shape index (κ3) is 2.95. The van der Waals surface area contributed by atoms with Gasteiger partial charge in [0.15, 0.2) is 17.2 Å². The third-order valence-corrected chi connectivity index (χ3v) is 7.49. The summed E-state index contributed by atoms with van der Waals surface area (Å²) in [6.07, 6.45) is -1.71. The van der Waals surface area contributed by atoms with Gasteiger partial charge in [-0.3, -0.25) is 24.1 Å². The quantitative estimate of drug-likeness (QED) is 0.243. The van der Waals surface area contributed by atoms with Crippen LogP contribution in [0.15, 0.2) is 29.0 Å². The van der Waals surface area contributed by atoms with Crippen LogP contribution in [0, 0.1) is 11.8 Å². The normalized spacial score (nSPS) is 32.4. The summed E-state index contributed by atoms with van der Waals surface area (Å²) in [5.74, 6) is -10.2. The zero-order valence-electron chi connectivity index (χ0n) is 19.4. The maximum absolute atomic E-state index is 13.8. The molecule has 1 saturated carbocycles. The molecule has 0 saturated heterocycles. The molecule has 0 heterocycles. The van der Waals surface area contributed by atoms with Crippen molar-refractivity contribution in [2.24, 2.45) is 17.6 Å². The molecule has 1 fully saturated rings.